The zero-order valence-corrected chi connectivity index (χ0v) is 16.1. The van der Waals surface area contributed by atoms with E-state index < -0.39 is 23.7 Å². The van der Waals surface area contributed by atoms with Crippen LogP contribution in [0, 0.1) is 5.82 Å². The lowest BCUT2D eigenvalue weighted by Gasteiger charge is -2.26. The number of barbiturate groups is 1. The molecule has 0 radical (unpaired) electrons. The van der Waals surface area contributed by atoms with Crippen molar-refractivity contribution in [1.82, 2.24) is 5.32 Å². The molecule has 1 aliphatic rings. The number of anilines is 1. The van der Waals surface area contributed by atoms with Gasteiger partial charge >= 0.3 is 6.03 Å². The molecule has 2 aromatic carbocycles. The summed E-state index contributed by atoms with van der Waals surface area (Å²) in [5.41, 5.74) is 0.227. The van der Waals surface area contributed by atoms with Gasteiger partial charge < -0.3 is 9.84 Å². The SMILES string of the molecule is C=CCc1cc(/C=C2/C(=O)NC(=O)N(c3ccccc3F)C2=O)cc(OCC)c1O. The van der Waals surface area contributed by atoms with Crippen molar-refractivity contribution in [2.45, 2.75) is 13.3 Å². The highest BCUT2D eigenvalue weighted by Crippen LogP contribution is 2.33. The summed E-state index contributed by atoms with van der Waals surface area (Å²) < 4.78 is 19.6. The molecule has 2 aromatic rings. The molecule has 0 aliphatic carbocycles. The molecule has 1 saturated heterocycles. The molecule has 2 N–H and O–H groups in total. The van der Waals surface area contributed by atoms with Crippen LogP contribution >= 0.6 is 0 Å². The van der Waals surface area contributed by atoms with Gasteiger partial charge in [0.05, 0.1) is 12.3 Å². The van der Waals surface area contributed by atoms with E-state index in [2.05, 4.69) is 6.58 Å². The first-order valence-electron chi connectivity index (χ1n) is 9.13. The summed E-state index contributed by atoms with van der Waals surface area (Å²) in [5, 5.41) is 12.3. The van der Waals surface area contributed by atoms with Crippen LogP contribution in [0.2, 0.25) is 0 Å². The summed E-state index contributed by atoms with van der Waals surface area (Å²) >= 11 is 0. The predicted molar refractivity (Wildman–Crippen MR) is 109 cm³/mol. The van der Waals surface area contributed by atoms with Crippen LogP contribution in [0.25, 0.3) is 6.08 Å². The summed E-state index contributed by atoms with van der Waals surface area (Å²) in [6.45, 7) is 5.67. The van der Waals surface area contributed by atoms with Crippen molar-refractivity contribution in [1.29, 1.82) is 0 Å². The lowest BCUT2D eigenvalue weighted by atomic mass is 10.0. The molecular formula is C22H19FN2O5. The van der Waals surface area contributed by atoms with Gasteiger partial charge in [0.15, 0.2) is 11.5 Å². The largest absolute Gasteiger partial charge is 0.504 e. The first-order valence-corrected chi connectivity index (χ1v) is 9.13. The third kappa shape index (κ3) is 3.93. The Kier molecular flexibility index (Phi) is 5.96. The number of ether oxygens (including phenoxy) is 1. The maximum absolute atomic E-state index is 14.2. The van der Waals surface area contributed by atoms with E-state index in [4.69, 9.17) is 4.74 Å². The van der Waals surface area contributed by atoms with Gasteiger partial charge in [0, 0.05) is 5.56 Å². The standard InChI is InChI=1S/C22H19FN2O5/c1-3-7-14-10-13(12-18(19(14)26)30-4-2)11-15-20(27)24-22(29)25(21(15)28)17-9-6-5-8-16(17)23/h3,5-6,8-12,26H,1,4,7H2,2H3,(H,24,27,29)/b15-11-. The number of nitrogens with one attached hydrogen (secondary N) is 1. The van der Waals surface area contributed by atoms with E-state index in [0.29, 0.717) is 22.4 Å². The number of halogens is 1. The van der Waals surface area contributed by atoms with Crippen molar-refractivity contribution in [2.75, 3.05) is 11.5 Å². The molecule has 0 unspecified atom stereocenters. The van der Waals surface area contributed by atoms with Crippen LogP contribution in [0.3, 0.4) is 0 Å². The minimum atomic E-state index is -1.04. The number of phenols is 1. The van der Waals surface area contributed by atoms with Crippen molar-refractivity contribution in [3.05, 3.63) is 71.6 Å². The summed E-state index contributed by atoms with van der Waals surface area (Å²) in [4.78, 5) is 38.0. The molecule has 0 atom stereocenters. The molecule has 3 rings (SSSR count). The Morgan fingerprint density at radius 2 is 1.97 bits per heavy atom. The van der Waals surface area contributed by atoms with E-state index in [1.54, 1.807) is 19.1 Å². The Labute approximate surface area is 172 Å². The van der Waals surface area contributed by atoms with Gasteiger partial charge in [-0.3, -0.25) is 14.9 Å². The Balaban J connectivity index is 2.08. The quantitative estimate of drug-likeness (QED) is 0.433. The number of para-hydroxylation sites is 1. The highest BCUT2D eigenvalue weighted by molar-refractivity contribution is 6.39. The molecule has 1 aliphatic heterocycles. The minimum Gasteiger partial charge on any atom is -0.504 e. The maximum Gasteiger partial charge on any atom is 0.336 e. The molecule has 1 heterocycles. The van der Waals surface area contributed by atoms with Gasteiger partial charge in [0.1, 0.15) is 11.4 Å². The van der Waals surface area contributed by atoms with Gasteiger partial charge in [0.2, 0.25) is 0 Å². The Morgan fingerprint density at radius 3 is 2.63 bits per heavy atom. The van der Waals surface area contributed by atoms with Crippen LogP contribution in [0.4, 0.5) is 14.9 Å². The fraction of sp³-hybridized carbons (Fsp3) is 0.136. The highest BCUT2D eigenvalue weighted by atomic mass is 19.1. The van der Waals surface area contributed by atoms with E-state index in [1.807, 2.05) is 5.32 Å². The van der Waals surface area contributed by atoms with Crippen LogP contribution in [-0.4, -0.2) is 29.6 Å². The molecule has 8 heteroatoms. The number of phenolic OH excluding ortho intramolecular Hbond substituents is 1. The molecule has 7 nitrogen and oxygen atoms in total. The minimum absolute atomic E-state index is 0.0681. The number of hydrogen-bond donors (Lipinski definition) is 2. The fourth-order valence-corrected chi connectivity index (χ4v) is 3.03. The number of carbonyl (C=O) groups is 3. The average Bonchev–Trinajstić information content (AvgIpc) is 2.70. The Hall–Kier alpha value is -3.94. The van der Waals surface area contributed by atoms with E-state index in [-0.39, 0.29) is 29.4 Å². The number of benzene rings is 2. The number of amides is 4. The zero-order valence-electron chi connectivity index (χ0n) is 16.1. The van der Waals surface area contributed by atoms with E-state index >= 15 is 0 Å². The molecule has 1 fully saturated rings. The molecule has 4 amide bonds. The van der Waals surface area contributed by atoms with Gasteiger partial charge in [-0.15, -0.1) is 6.58 Å². The zero-order chi connectivity index (χ0) is 21.8. The predicted octanol–water partition coefficient (Wildman–Crippen LogP) is 3.32. The normalized spacial score (nSPS) is 15.3. The van der Waals surface area contributed by atoms with E-state index in [1.165, 1.54) is 30.3 Å². The summed E-state index contributed by atoms with van der Waals surface area (Å²) in [5.74, 6) is -2.55. The van der Waals surface area contributed by atoms with Crippen LogP contribution in [0.1, 0.15) is 18.1 Å². The van der Waals surface area contributed by atoms with Crippen molar-refractivity contribution >= 4 is 29.6 Å². The monoisotopic (exact) mass is 410 g/mol. The summed E-state index contributed by atoms with van der Waals surface area (Å²) in [7, 11) is 0. The lowest BCUT2D eigenvalue weighted by Crippen LogP contribution is -2.54. The molecule has 154 valence electrons. The first kappa shape index (κ1) is 20.8. The number of carbonyl (C=O) groups excluding carboxylic acids is 3. The van der Waals surface area contributed by atoms with Gasteiger partial charge in [-0.05, 0) is 49.2 Å². The second-order valence-electron chi connectivity index (χ2n) is 6.36. The van der Waals surface area contributed by atoms with Crippen LogP contribution in [0.5, 0.6) is 11.5 Å². The van der Waals surface area contributed by atoms with Gasteiger partial charge in [-0.1, -0.05) is 18.2 Å². The Morgan fingerprint density at radius 1 is 1.23 bits per heavy atom. The maximum atomic E-state index is 14.2. The molecule has 0 bridgehead atoms. The summed E-state index contributed by atoms with van der Waals surface area (Å²) in [6.07, 6.45) is 3.16. The second kappa shape index (κ2) is 8.60. The molecule has 0 aromatic heterocycles. The number of urea groups is 1. The third-order valence-corrected chi connectivity index (χ3v) is 4.35. The van der Waals surface area contributed by atoms with E-state index in [0.717, 1.165) is 6.07 Å². The number of hydrogen-bond acceptors (Lipinski definition) is 5. The fourth-order valence-electron chi connectivity index (χ4n) is 3.03. The lowest BCUT2D eigenvalue weighted by molar-refractivity contribution is -0.122. The van der Waals surface area contributed by atoms with Crippen molar-refractivity contribution in [3.8, 4) is 11.5 Å². The second-order valence-corrected chi connectivity index (χ2v) is 6.36. The number of nitrogens with zero attached hydrogens (tertiary/aromatic N) is 1. The highest BCUT2D eigenvalue weighted by Gasteiger charge is 2.38. The number of imide groups is 2. The topological polar surface area (TPSA) is 95.9 Å². The van der Waals surface area contributed by atoms with Crippen LogP contribution in [-0.2, 0) is 16.0 Å². The first-order chi connectivity index (χ1) is 14.4. The molecule has 30 heavy (non-hydrogen) atoms. The van der Waals surface area contributed by atoms with Gasteiger partial charge in [-0.25, -0.2) is 14.1 Å². The third-order valence-electron chi connectivity index (χ3n) is 4.35. The summed E-state index contributed by atoms with van der Waals surface area (Å²) in [6, 6.07) is 7.23. The van der Waals surface area contributed by atoms with Crippen molar-refractivity contribution in [2.24, 2.45) is 0 Å². The van der Waals surface area contributed by atoms with Crippen molar-refractivity contribution < 1.29 is 28.6 Å². The van der Waals surface area contributed by atoms with E-state index in [9.17, 15) is 23.9 Å². The molecule has 0 spiro atoms. The molecule has 0 saturated carbocycles. The molecular weight excluding hydrogens is 391 g/mol. The average molecular weight is 410 g/mol. The van der Waals surface area contributed by atoms with Crippen LogP contribution < -0.4 is 15.0 Å². The van der Waals surface area contributed by atoms with Gasteiger partial charge in [0.25, 0.3) is 11.8 Å². The number of allylic oxidation sites excluding steroid dienone is 1. The van der Waals surface area contributed by atoms with Crippen molar-refractivity contribution in [3.63, 3.8) is 0 Å². The number of aromatic hydroxyl groups is 1. The number of rotatable bonds is 6. The smallest absolute Gasteiger partial charge is 0.336 e. The van der Waals surface area contributed by atoms with Gasteiger partial charge in [-0.2, -0.15) is 0 Å². The van der Waals surface area contributed by atoms with Crippen LogP contribution in [0.15, 0.2) is 54.6 Å². The Bertz CT molecular complexity index is 1080.